The minimum absolute atomic E-state index is 0.0758. The molecule has 1 amide bonds. The molecule has 0 fully saturated rings. The van der Waals surface area contributed by atoms with Crippen molar-refractivity contribution in [2.75, 3.05) is 40.9 Å². The maximum atomic E-state index is 13.0. The average Bonchev–Trinajstić information content (AvgIpc) is 3.35. The Labute approximate surface area is 454 Å². The number of likely N-dealkylation sites (N-methyl/N-ethyl adjacent to an activating group) is 1. The van der Waals surface area contributed by atoms with Gasteiger partial charge in [0.15, 0.2) is 0 Å². The summed E-state index contributed by atoms with van der Waals surface area (Å²) in [6.45, 7) is 4.82. The number of allylic oxidation sites excluding steroid dienone is 8. The Hall–Kier alpha value is -1.54. The summed E-state index contributed by atoms with van der Waals surface area (Å²) in [5.74, 6) is -0.140. The van der Waals surface area contributed by atoms with E-state index < -0.39 is 20.0 Å². The number of phosphoric ester groups is 1. The van der Waals surface area contributed by atoms with Crippen molar-refractivity contribution in [2.45, 2.75) is 315 Å². The number of hydrogen-bond donors (Lipinski definition) is 3. The molecule has 0 heterocycles. The van der Waals surface area contributed by atoms with E-state index in [9.17, 15) is 19.4 Å². The lowest BCUT2D eigenvalue weighted by molar-refractivity contribution is -0.870. The van der Waals surface area contributed by atoms with Crippen molar-refractivity contribution < 1.29 is 32.9 Å². The number of aliphatic hydroxyl groups excluding tert-OH is 1. The third kappa shape index (κ3) is 58.0. The van der Waals surface area contributed by atoms with Gasteiger partial charge in [0.05, 0.1) is 39.9 Å². The lowest BCUT2D eigenvalue weighted by atomic mass is 10.0. The first kappa shape index (κ1) is 71.5. The van der Waals surface area contributed by atoms with Crippen LogP contribution in [-0.2, 0) is 18.4 Å². The van der Waals surface area contributed by atoms with Crippen LogP contribution in [0.4, 0.5) is 0 Å². The van der Waals surface area contributed by atoms with E-state index in [2.05, 4.69) is 67.8 Å². The minimum atomic E-state index is -4.33. The zero-order valence-electron chi connectivity index (χ0n) is 49.1. The molecular formula is C64H124N2O6P+. The molecule has 0 aliphatic heterocycles. The third-order valence-electron chi connectivity index (χ3n) is 14.3. The van der Waals surface area contributed by atoms with Crippen LogP contribution in [0, 0.1) is 0 Å². The molecule has 0 saturated carbocycles. The Morgan fingerprint density at radius 3 is 1.21 bits per heavy atom. The van der Waals surface area contributed by atoms with E-state index in [1.54, 1.807) is 0 Å². The summed E-state index contributed by atoms with van der Waals surface area (Å²) in [5, 5.41) is 14.1. The van der Waals surface area contributed by atoms with Crippen LogP contribution in [0.5, 0.6) is 0 Å². The van der Waals surface area contributed by atoms with Gasteiger partial charge >= 0.3 is 7.82 Å². The number of carbonyl (C=O) groups excluding carboxylic acids is 1. The first-order valence-electron chi connectivity index (χ1n) is 31.5. The van der Waals surface area contributed by atoms with Gasteiger partial charge < -0.3 is 19.8 Å². The molecule has 3 N–H and O–H groups in total. The number of phosphoric acid groups is 1. The van der Waals surface area contributed by atoms with Crippen molar-refractivity contribution in [3.8, 4) is 0 Å². The Balaban J connectivity index is 4.05. The van der Waals surface area contributed by atoms with Gasteiger partial charge in [0.2, 0.25) is 5.91 Å². The van der Waals surface area contributed by atoms with E-state index in [1.165, 1.54) is 212 Å². The predicted octanol–water partition coefficient (Wildman–Crippen LogP) is 19.5. The second kappa shape index (κ2) is 55.2. The molecule has 73 heavy (non-hydrogen) atoms. The normalized spacial score (nSPS) is 14.1. The molecule has 0 aromatic rings. The lowest BCUT2D eigenvalue weighted by Gasteiger charge is -2.26. The van der Waals surface area contributed by atoms with Gasteiger partial charge in [-0.05, 0) is 51.4 Å². The van der Waals surface area contributed by atoms with Crippen molar-refractivity contribution in [1.29, 1.82) is 0 Å². The molecule has 3 atom stereocenters. The number of nitrogens with zero attached hydrogens (tertiary/aromatic N) is 1. The van der Waals surface area contributed by atoms with E-state index in [0.29, 0.717) is 23.9 Å². The topological polar surface area (TPSA) is 105 Å². The fourth-order valence-electron chi connectivity index (χ4n) is 9.45. The second-order valence-electron chi connectivity index (χ2n) is 22.8. The van der Waals surface area contributed by atoms with Crippen LogP contribution < -0.4 is 5.32 Å². The largest absolute Gasteiger partial charge is 0.472 e. The fraction of sp³-hybridized carbons (Fsp3) is 0.859. The molecule has 0 aromatic heterocycles. The van der Waals surface area contributed by atoms with Crippen LogP contribution in [0.2, 0.25) is 0 Å². The molecular weight excluding hydrogens is 924 g/mol. The number of aliphatic hydroxyl groups is 1. The Bertz CT molecular complexity index is 1330. The molecule has 0 aliphatic rings. The molecule has 0 spiro atoms. The van der Waals surface area contributed by atoms with Crippen molar-refractivity contribution in [3.05, 3.63) is 48.6 Å². The quantitative estimate of drug-likeness (QED) is 0.0243. The molecule has 430 valence electrons. The van der Waals surface area contributed by atoms with Crippen molar-refractivity contribution in [1.82, 2.24) is 5.32 Å². The third-order valence-corrected chi connectivity index (χ3v) is 15.3. The minimum Gasteiger partial charge on any atom is -0.391 e. The van der Waals surface area contributed by atoms with Gasteiger partial charge in [0.25, 0.3) is 0 Å². The summed E-state index contributed by atoms with van der Waals surface area (Å²) < 4.78 is 23.8. The summed E-state index contributed by atoms with van der Waals surface area (Å²) >= 11 is 0. The van der Waals surface area contributed by atoms with Gasteiger partial charge in [-0.3, -0.25) is 13.8 Å². The highest BCUT2D eigenvalue weighted by atomic mass is 31.2. The molecule has 0 rings (SSSR count). The first-order chi connectivity index (χ1) is 35.5. The van der Waals surface area contributed by atoms with Crippen LogP contribution in [0.15, 0.2) is 48.6 Å². The lowest BCUT2D eigenvalue weighted by Crippen LogP contribution is -2.46. The number of unbranched alkanes of at least 4 members (excludes halogenated alkanes) is 37. The van der Waals surface area contributed by atoms with E-state index in [-0.39, 0.29) is 19.1 Å². The highest BCUT2D eigenvalue weighted by Gasteiger charge is 2.28. The Morgan fingerprint density at radius 1 is 0.479 bits per heavy atom. The van der Waals surface area contributed by atoms with E-state index in [1.807, 2.05) is 21.1 Å². The molecule has 0 radical (unpaired) electrons. The number of amides is 1. The number of nitrogens with one attached hydrogen (secondary N) is 1. The van der Waals surface area contributed by atoms with E-state index in [0.717, 1.165) is 64.2 Å². The highest BCUT2D eigenvalue weighted by molar-refractivity contribution is 7.47. The monoisotopic (exact) mass is 1050 g/mol. The Kier molecular flexibility index (Phi) is 54.1. The molecule has 3 unspecified atom stereocenters. The van der Waals surface area contributed by atoms with Crippen LogP contribution in [0.3, 0.4) is 0 Å². The summed E-state index contributed by atoms with van der Waals surface area (Å²) in [6.07, 6.45) is 73.3. The zero-order chi connectivity index (χ0) is 53.5. The van der Waals surface area contributed by atoms with Crippen molar-refractivity contribution in [2.24, 2.45) is 0 Å². The van der Waals surface area contributed by atoms with Crippen LogP contribution in [0.1, 0.15) is 303 Å². The smallest absolute Gasteiger partial charge is 0.391 e. The van der Waals surface area contributed by atoms with Crippen molar-refractivity contribution in [3.63, 3.8) is 0 Å². The second-order valence-corrected chi connectivity index (χ2v) is 24.2. The van der Waals surface area contributed by atoms with Gasteiger partial charge in [-0.25, -0.2) is 4.57 Å². The Morgan fingerprint density at radius 2 is 0.822 bits per heavy atom. The van der Waals surface area contributed by atoms with E-state index in [4.69, 9.17) is 9.05 Å². The molecule has 9 heteroatoms. The van der Waals surface area contributed by atoms with Crippen molar-refractivity contribution >= 4 is 13.7 Å². The summed E-state index contributed by atoms with van der Waals surface area (Å²) in [6, 6.07) is -0.761. The maximum absolute atomic E-state index is 13.0. The summed E-state index contributed by atoms with van der Waals surface area (Å²) in [5.41, 5.74) is 0. The molecule has 0 saturated heterocycles. The van der Waals surface area contributed by atoms with Gasteiger partial charge in [0, 0.05) is 6.42 Å². The molecule has 0 aromatic carbocycles. The summed E-state index contributed by atoms with van der Waals surface area (Å²) in [7, 11) is 1.63. The number of quaternary nitrogens is 1. The van der Waals surface area contributed by atoms with Gasteiger partial charge in [-0.2, -0.15) is 0 Å². The van der Waals surface area contributed by atoms with Gasteiger partial charge in [-0.15, -0.1) is 0 Å². The fourth-order valence-corrected chi connectivity index (χ4v) is 10.2. The average molecular weight is 1050 g/mol. The predicted molar refractivity (Wildman–Crippen MR) is 318 cm³/mol. The van der Waals surface area contributed by atoms with Crippen LogP contribution in [-0.4, -0.2) is 73.4 Å². The highest BCUT2D eigenvalue weighted by Crippen LogP contribution is 2.43. The first-order valence-corrected chi connectivity index (χ1v) is 33.0. The maximum Gasteiger partial charge on any atom is 0.472 e. The summed E-state index contributed by atoms with van der Waals surface area (Å²) in [4.78, 5) is 23.4. The van der Waals surface area contributed by atoms with E-state index >= 15 is 0 Å². The number of hydrogen-bond acceptors (Lipinski definition) is 5. The molecule has 8 nitrogen and oxygen atoms in total. The number of carbonyl (C=O) groups is 1. The SMILES string of the molecule is CC/C=C\C/C=C\C/C=C\C/C=C\CCCCCCCCCCCCCCCCCCCCC(=O)NC(COP(=O)(O)OCC[N+](C)(C)C)C(O)CCCCCCCCCCCCCCCCCCCCCC. The standard InChI is InChI=1S/C64H123N2O6P/c1-6-8-10-12-14-16-18-20-22-24-26-28-29-30-31-32-33-34-35-36-37-38-40-42-44-46-48-50-52-54-56-58-64(68)65-62(61-72-73(69,70)71-60-59-66(3,4)5)63(67)57-55-53-51-49-47-45-43-41-39-27-25-23-21-19-17-15-13-11-9-7-2/h8,10,14,16,20,22,26,28,62-63,67H,6-7,9,11-13,15,17-19,21,23-25,27,29-61H2,1-5H3,(H-,65,68,69,70)/p+1/b10-8-,16-14-,22-20-,28-26-. The number of rotatable bonds is 58. The van der Waals surface area contributed by atoms with Gasteiger partial charge in [0.1, 0.15) is 13.2 Å². The van der Waals surface area contributed by atoms with Crippen LogP contribution >= 0.6 is 7.82 Å². The molecule has 0 aliphatic carbocycles. The van der Waals surface area contributed by atoms with Crippen LogP contribution in [0.25, 0.3) is 0 Å². The van der Waals surface area contributed by atoms with Gasteiger partial charge in [-0.1, -0.05) is 294 Å². The zero-order valence-corrected chi connectivity index (χ0v) is 50.0. The molecule has 0 bridgehead atoms.